The zero-order valence-corrected chi connectivity index (χ0v) is 18.4. The van der Waals surface area contributed by atoms with Gasteiger partial charge in [-0.3, -0.25) is 4.79 Å². The third-order valence-corrected chi connectivity index (χ3v) is 5.94. The highest BCUT2D eigenvalue weighted by Crippen LogP contribution is 2.31. The molecule has 0 atom stereocenters. The summed E-state index contributed by atoms with van der Waals surface area (Å²) >= 11 is 8.32. The van der Waals surface area contributed by atoms with E-state index >= 15 is 0 Å². The van der Waals surface area contributed by atoms with E-state index in [0.717, 1.165) is 24.7 Å². The molecule has 1 aromatic heterocycles. The van der Waals surface area contributed by atoms with Crippen molar-refractivity contribution in [3.63, 3.8) is 0 Å². The van der Waals surface area contributed by atoms with E-state index in [4.69, 9.17) is 0 Å². The molecule has 0 unspecified atom stereocenters. The molecule has 0 aliphatic carbocycles. The maximum atomic E-state index is 13.1. The van der Waals surface area contributed by atoms with Crippen molar-refractivity contribution in [1.29, 1.82) is 0 Å². The number of carbonyl (C=O) groups excluding carboxylic acids is 1. The Balaban J connectivity index is 1.75. The molecule has 138 valence electrons. The highest BCUT2D eigenvalue weighted by molar-refractivity contribution is 9.10. The second kappa shape index (κ2) is 8.34. The molecule has 0 saturated carbocycles. The fourth-order valence-electron chi connectivity index (χ4n) is 2.54. The number of fused-ring (bicyclic) bond motifs is 1. The van der Waals surface area contributed by atoms with Crippen LogP contribution in [0.5, 0.6) is 0 Å². The highest BCUT2D eigenvalue weighted by atomic mass is 79.9. The van der Waals surface area contributed by atoms with Crippen LogP contribution in [-0.4, -0.2) is 17.1 Å². The molecular weight excluding hydrogens is 502 g/mol. The minimum Gasteiger partial charge on any atom is -0.267 e. The third-order valence-electron chi connectivity index (χ3n) is 3.93. The largest absolute Gasteiger partial charge is 0.280 e. The standard InChI is InChI=1S/C21H13Br2N3OS/c22-16-8-6-14(7-9-16)13-24-26(20(27)15-4-2-1-3-5-15)21-25-18-11-10-17(23)12-19(18)28-21/h1-13H/b24-13+. The summed E-state index contributed by atoms with van der Waals surface area (Å²) in [5, 5.41) is 6.35. The molecule has 0 spiro atoms. The summed E-state index contributed by atoms with van der Waals surface area (Å²) in [7, 11) is 0. The summed E-state index contributed by atoms with van der Waals surface area (Å²) in [5.74, 6) is -0.230. The van der Waals surface area contributed by atoms with E-state index in [1.807, 2.05) is 60.7 Å². The first-order chi connectivity index (χ1) is 13.6. The van der Waals surface area contributed by atoms with Crippen LogP contribution in [0.4, 0.5) is 5.13 Å². The molecule has 0 bridgehead atoms. The van der Waals surface area contributed by atoms with Crippen LogP contribution in [0.3, 0.4) is 0 Å². The van der Waals surface area contributed by atoms with Gasteiger partial charge in [0, 0.05) is 14.5 Å². The van der Waals surface area contributed by atoms with E-state index in [2.05, 4.69) is 41.9 Å². The van der Waals surface area contributed by atoms with E-state index in [9.17, 15) is 4.79 Å². The Morgan fingerprint density at radius 1 is 0.964 bits per heavy atom. The van der Waals surface area contributed by atoms with Crippen LogP contribution in [0.25, 0.3) is 10.2 Å². The fourth-order valence-corrected chi connectivity index (χ4v) is 4.28. The molecule has 0 saturated heterocycles. The minimum absolute atomic E-state index is 0.230. The van der Waals surface area contributed by atoms with Gasteiger partial charge in [-0.1, -0.05) is 73.5 Å². The van der Waals surface area contributed by atoms with Gasteiger partial charge in [-0.2, -0.15) is 10.1 Å². The molecule has 0 fully saturated rings. The van der Waals surface area contributed by atoms with Gasteiger partial charge in [-0.25, -0.2) is 4.98 Å². The van der Waals surface area contributed by atoms with Gasteiger partial charge in [-0.05, 0) is 48.0 Å². The van der Waals surface area contributed by atoms with E-state index in [1.165, 1.54) is 16.3 Å². The molecule has 0 aliphatic rings. The molecular formula is C21H13Br2N3OS. The van der Waals surface area contributed by atoms with E-state index < -0.39 is 0 Å². The molecule has 28 heavy (non-hydrogen) atoms. The summed E-state index contributed by atoms with van der Waals surface area (Å²) in [4.78, 5) is 17.7. The first kappa shape index (κ1) is 19.0. The van der Waals surface area contributed by atoms with Crippen molar-refractivity contribution in [3.8, 4) is 0 Å². The Morgan fingerprint density at radius 3 is 2.43 bits per heavy atom. The Morgan fingerprint density at radius 2 is 1.68 bits per heavy atom. The second-order valence-electron chi connectivity index (χ2n) is 5.89. The lowest BCUT2D eigenvalue weighted by Gasteiger charge is -2.13. The number of aromatic nitrogens is 1. The number of hydrogen-bond acceptors (Lipinski definition) is 4. The van der Waals surface area contributed by atoms with Crippen LogP contribution < -0.4 is 5.01 Å². The van der Waals surface area contributed by atoms with Crippen molar-refractivity contribution in [2.75, 3.05) is 5.01 Å². The monoisotopic (exact) mass is 513 g/mol. The normalized spacial score (nSPS) is 11.2. The number of rotatable bonds is 4. The summed E-state index contributed by atoms with van der Waals surface area (Å²) in [6, 6.07) is 22.6. The van der Waals surface area contributed by atoms with Crippen molar-refractivity contribution in [2.24, 2.45) is 5.10 Å². The lowest BCUT2D eigenvalue weighted by Crippen LogP contribution is -2.25. The smallest absolute Gasteiger partial charge is 0.267 e. The van der Waals surface area contributed by atoms with Gasteiger partial charge in [0.05, 0.1) is 16.4 Å². The number of halogens is 2. The Kier molecular flexibility index (Phi) is 5.66. The van der Waals surface area contributed by atoms with Gasteiger partial charge in [0.2, 0.25) is 5.13 Å². The number of hydrogen-bond donors (Lipinski definition) is 0. The van der Waals surface area contributed by atoms with Crippen LogP contribution in [0, 0.1) is 0 Å². The summed E-state index contributed by atoms with van der Waals surface area (Å²) in [6.45, 7) is 0. The van der Waals surface area contributed by atoms with Crippen LogP contribution in [0.15, 0.2) is 86.8 Å². The van der Waals surface area contributed by atoms with Crippen LogP contribution in [0.1, 0.15) is 15.9 Å². The first-order valence-electron chi connectivity index (χ1n) is 8.35. The zero-order valence-electron chi connectivity index (χ0n) is 14.4. The van der Waals surface area contributed by atoms with Crippen molar-refractivity contribution in [2.45, 2.75) is 0 Å². The lowest BCUT2D eigenvalue weighted by atomic mass is 10.2. The number of nitrogens with zero attached hydrogens (tertiary/aromatic N) is 3. The molecule has 1 amide bonds. The van der Waals surface area contributed by atoms with Crippen molar-refractivity contribution < 1.29 is 4.79 Å². The van der Waals surface area contributed by atoms with Gasteiger partial charge in [-0.15, -0.1) is 0 Å². The molecule has 3 aromatic carbocycles. The number of thiazole rings is 1. The van der Waals surface area contributed by atoms with Crippen molar-refractivity contribution >= 4 is 70.7 Å². The average Bonchev–Trinajstić information content (AvgIpc) is 3.13. The van der Waals surface area contributed by atoms with Gasteiger partial charge >= 0.3 is 0 Å². The van der Waals surface area contributed by atoms with Gasteiger partial charge in [0.15, 0.2) is 0 Å². The van der Waals surface area contributed by atoms with Gasteiger partial charge < -0.3 is 0 Å². The molecule has 0 radical (unpaired) electrons. The van der Waals surface area contributed by atoms with Crippen LogP contribution in [-0.2, 0) is 0 Å². The Hall–Kier alpha value is -2.35. The average molecular weight is 515 g/mol. The SMILES string of the molecule is O=C(c1ccccc1)N(/N=C/c1ccc(Br)cc1)c1nc2ccc(Br)cc2s1. The number of anilines is 1. The molecule has 0 N–H and O–H groups in total. The number of benzene rings is 3. The third kappa shape index (κ3) is 4.22. The van der Waals surface area contributed by atoms with Crippen molar-refractivity contribution in [3.05, 3.63) is 92.9 Å². The Bertz CT molecular complexity index is 1160. The maximum absolute atomic E-state index is 13.1. The summed E-state index contributed by atoms with van der Waals surface area (Å²) < 4.78 is 2.93. The molecule has 1 heterocycles. The lowest BCUT2D eigenvalue weighted by molar-refractivity contribution is 0.0988. The molecule has 4 rings (SSSR count). The zero-order chi connectivity index (χ0) is 19.5. The molecule has 7 heteroatoms. The van der Waals surface area contributed by atoms with Crippen molar-refractivity contribution in [1.82, 2.24) is 4.98 Å². The molecule has 4 nitrogen and oxygen atoms in total. The van der Waals surface area contributed by atoms with E-state index in [-0.39, 0.29) is 5.91 Å². The maximum Gasteiger partial charge on any atom is 0.280 e. The van der Waals surface area contributed by atoms with Gasteiger partial charge in [0.25, 0.3) is 5.91 Å². The Labute approximate surface area is 182 Å². The highest BCUT2D eigenvalue weighted by Gasteiger charge is 2.20. The molecule has 0 aliphatic heterocycles. The van der Waals surface area contributed by atoms with E-state index in [1.54, 1.807) is 18.3 Å². The van der Waals surface area contributed by atoms with Crippen LogP contribution >= 0.6 is 43.2 Å². The number of amides is 1. The van der Waals surface area contributed by atoms with Crippen LogP contribution in [0.2, 0.25) is 0 Å². The second-order valence-corrected chi connectivity index (χ2v) is 8.73. The summed E-state index contributed by atoms with van der Waals surface area (Å²) in [6.07, 6.45) is 1.66. The predicted octanol–water partition coefficient (Wildman–Crippen LogP) is 6.50. The minimum atomic E-state index is -0.230. The topological polar surface area (TPSA) is 45.6 Å². The number of carbonyl (C=O) groups is 1. The summed E-state index contributed by atoms with van der Waals surface area (Å²) in [5.41, 5.74) is 2.27. The van der Waals surface area contributed by atoms with E-state index in [0.29, 0.717) is 10.7 Å². The van der Waals surface area contributed by atoms with Gasteiger partial charge in [0.1, 0.15) is 0 Å². The fraction of sp³-hybridized carbons (Fsp3) is 0. The quantitative estimate of drug-likeness (QED) is 0.230. The first-order valence-corrected chi connectivity index (χ1v) is 10.8. The predicted molar refractivity (Wildman–Crippen MR) is 122 cm³/mol. The molecule has 4 aromatic rings. The number of hydrazone groups is 1.